The number of rotatable bonds is 6. The number of thioether (sulfide) groups is 1. The van der Waals surface area contributed by atoms with Gasteiger partial charge in [-0.1, -0.05) is 88.7 Å². The molecule has 1 aliphatic rings. The molecule has 0 saturated carbocycles. The first-order chi connectivity index (χ1) is 16.6. The van der Waals surface area contributed by atoms with Crippen molar-refractivity contribution in [1.29, 1.82) is 0 Å². The lowest BCUT2D eigenvalue weighted by Gasteiger charge is -2.13. The van der Waals surface area contributed by atoms with Gasteiger partial charge in [-0.25, -0.2) is 0 Å². The Morgan fingerprint density at radius 1 is 0.853 bits per heavy atom. The first-order valence-corrected chi connectivity index (χ1v) is 12.4. The standard InChI is InChI=1S/C28H20BrNO3S/c29-24-11-5-3-10-23(24)17-30-27(31)26(34-28(30)32)16-22-9-4-6-12-25(22)33-18-19-13-14-20-7-1-2-8-21(20)15-19/h1-16H,17-18H2/b26-16-. The van der Waals surface area contributed by atoms with Crippen LogP contribution in [0.15, 0.2) is 100 Å². The highest BCUT2D eigenvalue weighted by Gasteiger charge is 2.35. The maximum Gasteiger partial charge on any atom is 0.293 e. The Labute approximate surface area is 210 Å². The molecule has 6 heteroatoms. The number of imide groups is 1. The molecule has 4 aromatic rings. The normalized spacial score (nSPS) is 14.9. The van der Waals surface area contributed by atoms with Crippen molar-refractivity contribution in [2.75, 3.05) is 0 Å². The Hall–Kier alpha value is -3.35. The lowest BCUT2D eigenvalue weighted by atomic mass is 10.1. The molecule has 0 unspecified atom stereocenters. The molecule has 1 heterocycles. The molecule has 0 bridgehead atoms. The summed E-state index contributed by atoms with van der Waals surface area (Å²) in [6.45, 7) is 0.628. The Morgan fingerprint density at radius 3 is 2.44 bits per heavy atom. The van der Waals surface area contributed by atoms with Gasteiger partial charge in [-0.2, -0.15) is 0 Å². The van der Waals surface area contributed by atoms with Crippen molar-refractivity contribution in [2.45, 2.75) is 13.2 Å². The van der Waals surface area contributed by atoms with Gasteiger partial charge >= 0.3 is 0 Å². The predicted octanol–water partition coefficient (Wildman–Crippen LogP) is 7.42. The zero-order valence-corrected chi connectivity index (χ0v) is 20.5. The summed E-state index contributed by atoms with van der Waals surface area (Å²) in [5.41, 5.74) is 2.70. The number of amides is 2. The smallest absolute Gasteiger partial charge is 0.293 e. The van der Waals surface area contributed by atoms with E-state index in [0.717, 1.165) is 38.3 Å². The number of hydrogen-bond donors (Lipinski definition) is 0. The van der Waals surface area contributed by atoms with Crippen LogP contribution in [-0.2, 0) is 17.9 Å². The van der Waals surface area contributed by atoms with Crippen LogP contribution in [0.4, 0.5) is 4.79 Å². The molecule has 1 saturated heterocycles. The number of nitrogens with zero attached hydrogens (tertiary/aromatic N) is 1. The van der Waals surface area contributed by atoms with Crippen molar-refractivity contribution in [3.63, 3.8) is 0 Å². The summed E-state index contributed by atoms with van der Waals surface area (Å²) in [6.07, 6.45) is 1.74. The Kier molecular flexibility index (Phi) is 6.52. The second-order valence-electron chi connectivity index (χ2n) is 7.87. The highest BCUT2D eigenvalue weighted by atomic mass is 79.9. The lowest BCUT2D eigenvalue weighted by molar-refractivity contribution is -0.123. The Balaban J connectivity index is 1.34. The van der Waals surface area contributed by atoms with E-state index in [9.17, 15) is 9.59 Å². The SMILES string of the molecule is O=C1S/C(=C\c2ccccc2OCc2ccc3ccccc3c2)C(=O)N1Cc1ccccc1Br. The maximum atomic E-state index is 13.0. The first-order valence-electron chi connectivity index (χ1n) is 10.8. The predicted molar refractivity (Wildman–Crippen MR) is 140 cm³/mol. The molecule has 0 N–H and O–H groups in total. The van der Waals surface area contributed by atoms with Crippen molar-refractivity contribution in [2.24, 2.45) is 0 Å². The fourth-order valence-electron chi connectivity index (χ4n) is 3.80. The van der Waals surface area contributed by atoms with E-state index >= 15 is 0 Å². The van der Waals surface area contributed by atoms with Crippen molar-refractivity contribution < 1.29 is 14.3 Å². The van der Waals surface area contributed by atoms with Gasteiger partial charge in [0.15, 0.2) is 0 Å². The molecule has 0 spiro atoms. The average Bonchev–Trinajstić information content (AvgIpc) is 3.12. The van der Waals surface area contributed by atoms with E-state index in [-0.39, 0.29) is 17.7 Å². The summed E-state index contributed by atoms with van der Waals surface area (Å²) >= 11 is 4.44. The van der Waals surface area contributed by atoms with Crippen LogP contribution >= 0.6 is 27.7 Å². The van der Waals surface area contributed by atoms with Gasteiger partial charge in [0.05, 0.1) is 11.4 Å². The van der Waals surface area contributed by atoms with Gasteiger partial charge < -0.3 is 4.74 Å². The molecule has 0 aromatic heterocycles. The molecule has 168 valence electrons. The summed E-state index contributed by atoms with van der Waals surface area (Å²) in [4.78, 5) is 27.3. The van der Waals surface area contributed by atoms with Crippen LogP contribution < -0.4 is 4.74 Å². The van der Waals surface area contributed by atoms with E-state index in [1.165, 1.54) is 10.3 Å². The molecule has 1 fully saturated rings. The third-order valence-electron chi connectivity index (χ3n) is 5.57. The van der Waals surface area contributed by atoms with Crippen LogP contribution in [0.3, 0.4) is 0 Å². The zero-order chi connectivity index (χ0) is 23.5. The van der Waals surface area contributed by atoms with E-state index in [1.54, 1.807) is 6.08 Å². The fourth-order valence-corrected chi connectivity index (χ4v) is 5.03. The topological polar surface area (TPSA) is 46.6 Å². The molecule has 0 atom stereocenters. The van der Waals surface area contributed by atoms with E-state index in [4.69, 9.17) is 4.74 Å². The minimum atomic E-state index is -0.296. The van der Waals surface area contributed by atoms with Crippen molar-refractivity contribution in [3.05, 3.63) is 117 Å². The second kappa shape index (κ2) is 9.87. The molecule has 2 amide bonds. The largest absolute Gasteiger partial charge is 0.488 e. The van der Waals surface area contributed by atoms with Crippen LogP contribution in [0.1, 0.15) is 16.7 Å². The molecule has 0 aliphatic carbocycles. The van der Waals surface area contributed by atoms with Gasteiger partial charge in [0.25, 0.3) is 11.1 Å². The lowest BCUT2D eigenvalue weighted by Crippen LogP contribution is -2.27. The van der Waals surface area contributed by atoms with E-state index in [2.05, 4.69) is 46.3 Å². The van der Waals surface area contributed by atoms with Gasteiger partial charge in [-0.05, 0) is 57.9 Å². The van der Waals surface area contributed by atoms with Gasteiger partial charge in [-0.3, -0.25) is 14.5 Å². The summed E-state index contributed by atoms with van der Waals surface area (Å²) in [5.74, 6) is 0.364. The summed E-state index contributed by atoms with van der Waals surface area (Å²) < 4.78 is 6.98. The van der Waals surface area contributed by atoms with Gasteiger partial charge in [-0.15, -0.1) is 0 Å². The molecule has 34 heavy (non-hydrogen) atoms. The molecule has 5 rings (SSSR count). The van der Waals surface area contributed by atoms with E-state index in [1.807, 2.05) is 60.7 Å². The fraction of sp³-hybridized carbons (Fsp3) is 0.0714. The number of fused-ring (bicyclic) bond motifs is 1. The van der Waals surface area contributed by atoms with Gasteiger partial charge in [0, 0.05) is 10.0 Å². The summed E-state index contributed by atoms with van der Waals surface area (Å²) in [6, 6.07) is 29.6. The molecular formula is C28H20BrNO3S. The monoisotopic (exact) mass is 529 g/mol. The van der Waals surface area contributed by atoms with Crippen molar-refractivity contribution in [3.8, 4) is 5.75 Å². The number of carbonyl (C=O) groups is 2. The zero-order valence-electron chi connectivity index (χ0n) is 18.1. The third kappa shape index (κ3) is 4.79. The number of carbonyl (C=O) groups excluding carboxylic acids is 2. The first kappa shape index (κ1) is 22.4. The number of para-hydroxylation sites is 1. The number of benzene rings is 4. The Bertz CT molecular complexity index is 1430. The maximum absolute atomic E-state index is 13.0. The molecule has 1 aliphatic heterocycles. The molecule has 0 radical (unpaired) electrons. The van der Waals surface area contributed by atoms with Crippen molar-refractivity contribution in [1.82, 2.24) is 4.90 Å². The van der Waals surface area contributed by atoms with Crippen LogP contribution in [0.25, 0.3) is 16.8 Å². The van der Waals surface area contributed by atoms with E-state index in [0.29, 0.717) is 17.3 Å². The highest BCUT2D eigenvalue weighted by Crippen LogP contribution is 2.35. The van der Waals surface area contributed by atoms with Crippen LogP contribution in [0.5, 0.6) is 5.75 Å². The highest BCUT2D eigenvalue weighted by molar-refractivity contribution is 9.10. The number of halogens is 1. The van der Waals surface area contributed by atoms with Crippen LogP contribution in [0.2, 0.25) is 0 Å². The summed E-state index contributed by atoms with van der Waals surface area (Å²) in [5, 5.41) is 2.07. The van der Waals surface area contributed by atoms with Gasteiger partial charge in [0.2, 0.25) is 0 Å². The number of hydrogen-bond acceptors (Lipinski definition) is 4. The van der Waals surface area contributed by atoms with Crippen LogP contribution in [0, 0.1) is 0 Å². The molecule has 4 nitrogen and oxygen atoms in total. The molecule has 4 aromatic carbocycles. The molecular weight excluding hydrogens is 510 g/mol. The minimum absolute atomic E-state index is 0.226. The number of ether oxygens (including phenoxy) is 1. The third-order valence-corrected chi connectivity index (χ3v) is 7.25. The van der Waals surface area contributed by atoms with Gasteiger partial charge in [0.1, 0.15) is 12.4 Å². The Morgan fingerprint density at radius 2 is 1.59 bits per heavy atom. The quantitative estimate of drug-likeness (QED) is 0.244. The van der Waals surface area contributed by atoms with E-state index < -0.39 is 0 Å². The average molecular weight is 530 g/mol. The summed E-state index contributed by atoms with van der Waals surface area (Å²) in [7, 11) is 0. The van der Waals surface area contributed by atoms with Crippen molar-refractivity contribution >= 4 is 55.7 Å². The van der Waals surface area contributed by atoms with Crippen LogP contribution in [-0.4, -0.2) is 16.0 Å². The second-order valence-corrected chi connectivity index (χ2v) is 9.71. The minimum Gasteiger partial charge on any atom is -0.488 e.